The summed E-state index contributed by atoms with van der Waals surface area (Å²) in [5, 5.41) is 2.74. The molecular formula is C12H19N3O2. The van der Waals surface area contributed by atoms with Crippen LogP contribution in [0.4, 0.5) is 0 Å². The van der Waals surface area contributed by atoms with Crippen LogP contribution in [0.5, 0.6) is 0 Å². The summed E-state index contributed by atoms with van der Waals surface area (Å²) in [6, 6.07) is 0.567. The van der Waals surface area contributed by atoms with Gasteiger partial charge in [0, 0.05) is 38.6 Å². The minimum atomic E-state index is -0.115. The quantitative estimate of drug-likeness (QED) is 0.664. The van der Waals surface area contributed by atoms with E-state index in [9.17, 15) is 9.59 Å². The van der Waals surface area contributed by atoms with E-state index in [1.165, 1.54) is 19.4 Å². The molecule has 3 aliphatic heterocycles. The fraction of sp³-hybridized carbons (Fsp3) is 0.833. The van der Waals surface area contributed by atoms with Crippen molar-refractivity contribution in [3.63, 3.8) is 0 Å². The average Bonchev–Trinajstić information content (AvgIpc) is 2.95. The second-order valence-corrected chi connectivity index (χ2v) is 5.32. The number of carbonyl (C=O) groups excluding carboxylic acids is 2. The number of rotatable bonds is 1. The van der Waals surface area contributed by atoms with Crippen LogP contribution >= 0.6 is 0 Å². The van der Waals surface area contributed by atoms with Gasteiger partial charge in [-0.15, -0.1) is 0 Å². The van der Waals surface area contributed by atoms with Gasteiger partial charge in [-0.1, -0.05) is 0 Å². The van der Waals surface area contributed by atoms with Crippen LogP contribution in [0.2, 0.25) is 0 Å². The second kappa shape index (κ2) is 4.29. The van der Waals surface area contributed by atoms with Gasteiger partial charge >= 0.3 is 0 Å². The van der Waals surface area contributed by atoms with Crippen molar-refractivity contribution in [1.29, 1.82) is 0 Å². The zero-order valence-corrected chi connectivity index (χ0v) is 10.0. The summed E-state index contributed by atoms with van der Waals surface area (Å²) >= 11 is 0. The van der Waals surface area contributed by atoms with Crippen LogP contribution in [0.3, 0.4) is 0 Å². The van der Waals surface area contributed by atoms with Crippen molar-refractivity contribution in [1.82, 2.24) is 15.1 Å². The van der Waals surface area contributed by atoms with Gasteiger partial charge in [0.25, 0.3) is 0 Å². The van der Waals surface area contributed by atoms with Gasteiger partial charge in [0.05, 0.1) is 5.92 Å². The fourth-order valence-electron chi connectivity index (χ4n) is 3.23. The van der Waals surface area contributed by atoms with E-state index in [0.717, 1.165) is 19.6 Å². The van der Waals surface area contributed by atoms with Crippen molar-refractivity contribution in [3.05, 3.63) is 0 Å². The first-order valence-electron chi connectivity index (χ1n) is 6.53. The fourth-order valence-corrected chi connectivity index (χ4v) is 3.23. The zero-order valence-electron chi connectivity index (χ0n) is 10.0. The van der Waals surface area contributed by atoms with Crippen LogP contribution in [0.25, 0.3) is 0 Å². The molecule has 0 aromatic rings. The van der Waals surface area contributed by atoms with Crippen molar-refractivity contribution in [2.24, 2.45) is 5.92 Å². The highest BCUT2D eigenvalue weighted by atomic mass is 16.2. The van der Waals surface area contributed by atoms with Crippen molar-refractivity contribution in [2.75, 3.05) is 32.7 Å². The number of amides is 2. The molecule has 0 spiro atoms. The van der Waals surface area contributed by atoms with Crippen LogP contribution in [0.1, 0.15) is 19.3 Å². The molecule has 5 heteroatoms. The van der Waals surface area contributed by atoms with Gasteiger partial charge in [0.1, 0.15) is 0 Å². The van der Waals surface area contributed by atoms with E-state index in [1.54, 1.807) is 0 Å². The lowest BCUT2D eigenvalue weighted by molar-refractivity contribution is -0.138. The predicted molar refractivity (Wildman–Crippen MR) is 62.3 cm³/mol. The van der Waals surface area contributed by atoms with Gasteiger partial charge in [0.2, 0.25) is 11.8 Å². The van der Waals surface area contributed by atoms with E-state index in [2.05, 4.69) is 10.2 Å². The van der Waals surface area contributed by atoms with Crippen molar-refractivity contribution in [3.8, 4) is 0 Å². The number of nitrogens with one attached hydrogen (secondary N) is 1. The molecule has 3 heterocycles. The molecule has 17 heavy (non-hydrogen) atoms. The van der Waals surface area contributed by atoms with Gasteiger partial charge < -0.3 is 10.2 Å². The third-order valence-corrected chi connectivity index (χ3v) is 4.23. The summed E-state index contributed by atoms with van der Waals surface area (Å²) in [5.41, 5.74) is 0. The van der Waals surface area contributed by atoms with E-state index in [-0.39, 0.29) is 17.7 Å². The molecule has 0 radical (unpaired) electrons. The molecule has 2 atom stereocenters. The highest BCUT2D eigenvalue weighted by molar-refractivity contribution is 5.89. The minimum Gasteiger partial charge on any atom is -0.355 e. The highest BCUT2D eigenvalue weighted by Gasteiger charge is 2.36. The van der Waals surface area contributed by atoms with Gasteiger partial charge in [-0.25, -0.2) is 0 Å². The Bertz CT molecular complexity index is 345. The molecule has 0 aromatic carbocycles. The Morgan fingerprint density at radius 3 is 2.94 bits per heavy atom. The molecule has 1 N–H and O–H groups in total. The second-order valence-electron chi connectivity index (χ2n) is 5.32. The number of hydrogen-bond acceptors (Lipinski definition) is 3. The van der Waals surface area contributed by atoms with Crippen molar-refractivity contribution in [2.45, 2.75) is 25.3 Å². The smallest absolute Gasteiger partial charge is 0.228 e. The van der Waals surface area contributed by atoms with Crippen LogP contribution in [0.15, 0.2) is 0 Å². The summed E-state index contributed by atoms with van der Waals surface area (Å²) in [5.74, 6) is 0.0770. The molecule has 0 saturated carbocycles. The molecule has 2 unspecified atom stereocenters. The molecule has 2 amide bonds. The molecule has 3 aliphatic rings. The van der Waals surface area contributed by atoms with E-state index in [4.69, 9.17) is 0 Å². The molecule has 3 rings (SSSR count). The largest absolute Gasteiger partial charge is 0.355 e. The van der Waals surface area contributed by atoms with Crippen LogP contribution in [-0.2, 0) is 9.59 Å². The number of fused-ring (bicyclic) bond motifs is 1. The summed E-state index contributed by atoms with van der Waals surface area (Å²) in [4.78, 5) is 27.8. The summed E-state index contributed by atoms with van der Waals surface area (Å²) in [6.45, 7) is 4.42. The normalized spacial score (nSPS) is 33.6. The van der Waals surface area contributed by atoms with Crippen LogP contribution in [-0.4, -0.2) is 60.4 Å². The number of carbonyl (C=O) groups is 2. The maximum Gasteiger partial charge on any atom is 0.228 e. The molecule has 5 nitrogen and oxygen atoms in total. The molecule has 0 bridgehead atoms. The Labute approximate surface area is 101 Å². The third kappa shape index (κ3) is 2.04. The third-order valence-electron chi connectivity index (χ3n) is 4.23. The Morgan fingerprint density at radius 1 is 1.29 bits per heavy atom. The first kappa shape index (κ1) is 11.0. The van der Waals surface area contributed by atoms with Gasteiger partial charge in [-0.05, 0) is 19.4 Å². The van der Waals surface area contributed by atoms with Crippen LogP contribution < -0.4 is 5.32 Å². The standard InChI is InChI=1S/C12H19N3O2/c16-11-6-9(7-13-11)12(17)15-5-4-14-3-1-2-10(14)8-15/h9-10H,1-8H2,(H,13,16). The Balaban J connectivity index is 1.61. The number of nitrogens with zero attached hydrogens (tertiary/aromatic N) is 2. The van der Waals surface area contributed by atoms with Gasteiger partial charge in [-0.2, -0.15) is 0 Å². The number of hydrogen-bond donors (Lipinski definition) is 1. The monoisotopic (exact) mass is 237 g/mol. The summed E-state index contributed by atoms with van der Waals surface area (Å²) in [7, 11) is 0. The molecule has 0 aliphatic carbocycles. The maximum atomic E-state index is 12.2. The SMILES string of the molecule is O=C1CC(C(=O)N2CCN3CCCC3C2)CN1. The lowest BCUT2D eigenvalue weighted by Crippen LogP contribution is -2.53. The molecule has 0 aromatic heterocycles. The Hall–Kier alpha value is -1.10. The molecule has 3 fully saturated rings. The first-order chi connectivity index (χ1) is 8.24. The molecule has 3 saturated heterocycles. The maximum absolute atomic E-state index is 12.2. The van der Waals surface area contributed by atoms with E-state index in [1.807, 2.05) is 4.90 Å². The average molecular weight is 237 g/mol. The zero-order chi connectivity index (χ0) is 11.8. The summed E-state index contributed by atoms with van der Waals surface area (Å²) < 4.78 is 0. The Kier molecular flexibility index (Phi) is 2.78. The molecular weight excluding hydrogens is 218 g/mol. The topological polar surface area (TPSA) is 52.7 Å². The lowest BCUT2D eigenvalue weighted by atomic mass is 10.1. The van der Waals surface area contributed by atoms with Crippen molar-refractivity contribution >= 4 is 11.8 Å². The minimum absolute atomic E-state index is 0.0165. The lowest BCUT2D eigenvalue weighted by Gasteiger charge is -2.38. The van der Waals surface area contributed by atoms with Gasteiger partial charge in [0.15, 0.2) is 0 Å². The van der Waals surface area contributed by atoms with Crippen molar-refractivity contribution < 1.29 is 9.59 Å². The van der Waals surface area contributed by atoms with Gasteiger partial charge in [-0.3, -0.25) is 14.5 Å². The first-order valence-corrected chi connectivity index (χ1v) is 6.53. The van der Waals surface area contributed by atoms with E-state index in [0.29, 0.717) is 19.0 Å². The Morgan fingerprint density at radius 2 is 2.18 bits per heavy atom. The van der Waals surface area contributed by atoms with E-state index >= 15 is 0 Å². The summed E-state index contributed by atoms with van der Waals surface area (Å²) in [6.07, 6.45) is 2.85. The predicted octanol–water partition coefficient (Wildman–Crippen LogP) is -0.571. The van der Waals surface area contributed by atoms with Crippen LogP contribution in [0, 0.1) is 5.92 Å². The molecule has 94 valence electrons. The number of piperazine rings is 1. The highest BCUT2D eigenvalue weighted by Crippen LogP contribution is 2.23. The van der Waals surface area contributed by atoms with E-state index < -0.39 is 0 Å².